The fourth-order valence-electron chi connectivity index (χ4n) is 4.23. The van der Waals surface area contributed by atoms with Gasteiger partial charge in [-0.1, -0.05) is 48.5 Å². The summed E-state index contributed by atoms with van der Waals surface area (Å²) in [4.78, 5) is 15.0. The minimum Gasteiger partial charge on any atom is -0.354 e. The van der Waals surface area contributed by atoms with Crippen molar-refractivity contribution in [3.8, 4) is 0 Å². The molecule has 2 aliphatic rings. The highest BCUT2D eigenvalue weighted by Crippen LogP contribution is 2.26. The lowest BCUT2D eigenvalue weighted by Crippen LogP contribution is -2.47. The molecule has 1 amide bonds. The van der Waals surface area contributed by atoms with E-state index in [9.17, 15) is 4.79 Å². The number of rotatable bonds is 3. The van der Waals surface area contributed by atoms with Crippen molar-refractivity contribution in [2.24, 2.45) is 5.92 Å². The summed E-state index contributed by atoms with van der Waals surface area (Å²) < 4.78 is 0. The maximum Gasteiger partial charge on any atom is 0.223 e. The molecule has 0 spiro atoms. The number of nitrogens with one attached hydrogen (secondary N) is 1. The Labute approximate surface area is 150 Å². The van der Waals surface area contributed by atoms with Crippen LogP contribution in [0.25, 0.3) is 0 Å². The molecule has 1 N–H and O–H groups in total. The van der Waals surface area contributed by atoms with Crippen LogP contribution >= 0.6 is 0 Å². The van der Waals surface area contributed by atoms with Crippen LogP contribution < -0.4 is 5.32 Å². The van der Waals surface area contributed by atoms with Crippen LogP contribution in [0.3, 0.4) is 0 Å². The van der Waals surface area contributed by atoms with Gasteiger partial charge in [0.25, 0.3) is 0 Å². The maximum absolute atomic E-state index is 12.7. The average molecular weight is 334 g/mol. The van der Waals surface area contributed by atoms with Crippen molar-refractivity contribution in [1.82, 2.24) is 10.2 Å². The highest BCUT2D eigenvalue weighted by Gasteiger charge is 2.27. The van der Waals surface area contributed by atoms with Crippen molar-refractivity contribution in [3.63, 3.8) is 0 Å². The molecule has 0 saturated carbocycles. The van der Waals surface area contributed by atoms with E-state index in [1.54, 1.807) is 0 Å². The third-order valence-corrected chi connectivity index (χ3v) is 5.85. The molecule has 0 aromatic heterocycles. The Morgan fingerprint density at radius 1 is 1.00 bits per heavy atom. The van der Waals surface area contributed by atoms with Gasteiger partial charge in [0.05, 0.1) is 0 Å². The minimum absolute atomic E-state index is 0.121. The molecule has 0 fully saturated rings. The first kappa shape index (κ1) is 16.3. The van der Waals surface area contributed by atoms with Crippen molar-refractivity contribution in [3.05, 3.63) is 70.8 Å². The van der Waals surface area contributed by atoms with Crippen molar-refractivity contribution in [2.45, 2.75) is 38.3 Å². The first-order chi connectivity index (χ1) is 12.2. The summed E-state index contributed by atoms with van der Waals surface area (Å²) in [7, 11) is 2.16. The van der Waals surface area contributed by atoms with Crippen LogP contribution in [-0.4, -0.2) is 30.4 Å². The Morgan fingerprint density at radius 2 is 1.64 bits per heavy atom. The molecule has 130 valence electrons. The topological polar surface area (TPSA) is 32.3 Å². The molecule has 25 heavy (non-hydrogen) atoms. The van der Waals surface area contributed by atoms with Gasteiger partial charge in [-0.2, -0.15) is 0 Å². The predicted molar refractivity (Wildman–Crippen MR) is 100 cm³/mol. The number of amides is 1. The zero-order valence-electron chi connectivity index (χ0n) is 14.9. The SMILES string of the molecule is CN1Cc2ccccc2C[C@H]1CNC(=O)[C@@H]1CCc2ccccc2C1. The minimum atomic E-state index is 0.121. The van der Waals surface area contributed by atoms with E-state index in [2.05, 4.69) is 65.8 Å². The third kappa shape index (κ3) is 3.47. The monoisotopic (exact) mass is 334 g/mol. The van der Waals surface area contributed by atoms with Gasteiger partial charge in [-0.05, 0) is 55.0 Å². The van der Waals surface area contributed by atoms with Crippen LogP contribution in [-0.2, 0) is 30.6 Å². The first-order valence-electron chi connectivity index (χ1n) is 9.32. The second-order valence-electron chi connectivity index (χ2n) is 7.50. The van der Waals surface area contributed by atoms with E-state index in [1.807, 2.05) is 0 Å². The fourth-order valence-corrected chi connectivity index (χ4v) is 4.23. The molecule has 2 aromatic rings. The number of benzene rings is 2. The summed E-state index contributed by atoms with van der Waals surface area (Å²) in [6.07, 6.45) is 3.88. The molecule has 2 atom stereocenters. The zero-order chi connectivity index (χ0) is 17.2. The van der Waals surface area contributed by atoms with Gasteiger partial charge in [-0.25, -0.2) is 0 Å². The van der Waals surface area contributed by atoms with E-state index in [0.717, 1.165) is 38.8 Å². The molecule has 1 aliphatic carbocycles. The van der Waals surface area contributed by atoms with Gasteiger partial charge in [0, 0.05) is 25.0 Å². The Bertz CT molecular complexity index is 770. The lowest BCUT2D eigenvalue weighted by atomic mass is 9.83. The van der Waals surface area contributed by atoms with E-state index in [-0.39, 0.29) is 11.8 Å². The van der Waals surface area contributed by atoms with Gasteiger partial charge in [-0.3, -0.25) is 9.69 Å². The highest BCUT2D eigenvalue weighted by atomic mass is 16.1. The van der Waals surface area contributed by atoms with Crippen molar-refractivity contribution in [1.29, 1.82) is 0 Å². The molecule has 1 aliphatic heterocycles. The van der Waals surface area contributed by atoms with Crippen LogP contribution in [0.15, 0.2) is 48.5 Å². The van der Waals surface area contributed by atoms with Gasteiger partial charge in [-0.15, -0.1) is 0 Å². The van der Waals surface area contributed by atoms with Gasteiger partial charge in [0.15, 0.2) is 0 Å². The van der Waals surface area contributed by atoms with E-state index in [0.29, 0.717) is 6.04 Å². The van der Waals surface area contributed by atoms with Crippen LogP contribution in [0.2, 0.25) is 0 Å². The van der Waals surface area contributed by atoms with E-state index in [4.69, 9.17) is 0 Å². The quantitative estimate of drug-likeness (QED) is 0.936. The maximum atomic E-state index is 12.7. The summed E-state index contributed by atoms with van der Waals surface area (Å²) >= 11 is 0. The first-order valence-corrected chi connectivity index (χ1v) is 9.32. The Balaban J connectivity index is 1.35. The van der Waals surface area contributed by atoms with Crippen LogP contribution in [0.4, 0.5) is 0 Å². The molecule has 3 nitrogen and oxygen atoms in total. The summed E-state index contributed by atoms with van der Waals surface area (Å²) in [5.74, 6) is 0.345. The summed E-state index contributed by atoms with van der Waals surface area (Å²) in [6, 6.07) is 17.6. The number of aryl methyl sites for hydroxylation is 1. The van der Waals surface area contributed by atoms with Gasteiger partial charge < -0.3 is 5.32 Å². The number of carbonyl (C=O) groups excluding carboxylic acids is 1. The average Bonchev–Trinajstić information content (AvgIpc) is 2.65. The van der Waals surface area contributed by atoms with Crippen LogP contribution in [0, 0.1) is 5.92 Å². The number of carbonyl (C=O) groups is 1. The smallest absolute Gasteiger partial charge is 0.223 e. The third-order valence-electron chi connectivity index (χ3n) is 5.85. The van der Waals surface area contributed by atoms with Crippen molar-refractivity contribution >= 4 is 5.91 Å². The summed E-state index contributed by atoms with van der Waals surface area (Å²) in [6.45, 7) is 1.70. The van der Waals surface area contributed by atoms with Gasteiger partial charge in [0.1, 0.15) is 0 Å². The lowest BCUT2D eigenvalue weighted by Gasteiger charge is -2.34. The Morgan fingerprint density at radius 3 is 2.40 bits per heavy atom. The Kier molecular flexibility index (Phi) is 4.58. The number of hydrogen-bond acceptors (Lipinski definition) is 2. The molecule has 0 unspecified atom stereocenters. The molecule has 4 rings (SSSR count). The molecule has 1 heterocycles. The molecule has 0 bridgehead atoms. The van der Waals surface area contributed by atoms with E-state index in [1.165, 1.54) is 22.3 Å². The van der Waals surface area contributed by atoms with Crippen molar-refractivity contribution in [2.75, 3.05) is 13.6 Å². The number of likely N-dealkylation sites (N-methyl/N-ethyl adjacent to an activating group) is 1. The molecule has 0 saturated heterocycles. The standard InChI is InChI=1S/C22H26N2O/c1-24-15-20-9-5-4-8-18(20)13-21(24)14-23-22(25)19-11-10-16-6-2-3-7-17(16)12-19/h2-9,19,21H,10-15H2,1H3,(H,23,25)/t19-,21+/m1/s1. The molecule has 0 radical (unpaired) electrons. The lowest BCUT2D eigenvalue weighted by molar-refractivity contribution is -0.125. The largest absolute Gasteiger partial charge is 0.354 e. The van der Waals surface area contributed by atoms with Crippen LogP contribution in [0.5, 0.6) is 0 Å². The number of nitrogens with zero attached hydrogens (tertiary/aromatic N) is 1. The molecule has 3 heteroatoms. The normalized spacial score (nSPS) is 22.8. The molecule has 2 aromatic carbocycles. The second kappa shape index (κ2) is 7.01. The second-order valence-corrected chi connectivity index (χ2v) is 7.50. The highest BCUT2D eigenvalue weighted by molar-refractivity contribution is 5.79. The number of fused-ring (bicyclic) bond motifs is 2. The number of hydrogen-bond donors (Lipinski definition) is 1. The van der Waals surface area contributed by atoms with E-state index >= 15 is 0 Å². The van der Waals surface area contributed by atoms with E-state index < -0.39 is 0 Å². The van der Waals surface area contributed by atoms with Gasteiger partial charge in [0.2, 0.25) is 5.91 Å². The fraction of sp³-hybridized carbons (Fsp3) is 0.409. The molecular formula is C22H26N2O. The predicted octanol–water partition coefficient (Wildman–Crippen LogP) is 2.96. The van der Waals surface area contributed by atoms with Gasteiger partial charge >= 0.3 is 0 Å². The Hall–Kier alpha value is -2.13. The zero-order valence-corrected chi connectivity index (χ0v) is 14.9. The van der Waals surface area contributed by atoms with Crippen LogP contribution in [0.1, 0.15) is 28.7 Å². The van der Waals surface area contributed by atoms with Crippen molar-refractivity contribution < 1.29 is 4.79 Å². The summed E-state index contributed by atoms with van der Waals surface area (Å²) in [5, 5.41) is 3.23. The molecular weight excluding hydrogens is 308 g/mol. The summed E-state index contributed by atoms with van der Waals surface area (Å²) in [5.41, 5.74) is 5.59.